The highest BCUT2D eigenvalue weighted by Gasteiger charge is 2.14. The predicted octanol–water partition coefficient (Wildman–Crippen LogP) is 4.37. The highest BCUT2D eigenvalue weighted by molar-refractivity contribution is 7.18. The Kier molecular flexibility index (Phi) is 4.14. The number of rotatable bonds is 4. The van der Waals surface area contributed by atoms with Crippen LogP contribution in [0.2, 0.25) is 0 Å². The Bertz CT molecular complexity index is 1150. The van der Waals surface area contributed by atoms with Crippen LogP contribution in [-0.4, -0.2) is 17.3 Å². The fourth-order valence-corrected chi connectivity index (χ4v) is 3.35. The van der Waals surface area contributed by atoms with Crippen LogP contribution in [0.15, 0.2) is 57.7 Å². The monoisotopic (exact) mass is 365 g/mol. The number of hydrogen-bond donors (Lipinski definition) is 1. The van der Waals surface area contributed by atoms with E-state index in [1.54, 1.807) is 25.3 Å². The normalized spacial score (nSPS) is 10.8. The topological polar surface area (TPSA) is 77.2 Å². The number of aryl methyl sites for hydroxylation is 1. The van der Waals surface area contributed by atoms with E-state index in [4.69, 9.17) is 9.15 Å². The van der Waals surface area contributed by atoms with Gasteiger partial charge >= 0.3 is 5.63 Å². The molecule has 0 spiro atoms. The molecular weight excluding hydrogens is 350 g/mol. The van der Waals surface area contributed by atoms with Gasteiger partial charge in [-0.2, -0.15) is 0 Å². The molecule has 7 heteroatoms. The second-order valence-corrected chi connectivity index (χ2v) is 6.68. The average molecular weight is 365 g/mol. The van der Waals surface area contributed by atoms with Gasteiger partial charge in [-0.3, -0.25) is 0 Å². The third-order valence-corrected chi connectivity index (χ3v) is 4.85. The Balaban J connectivity index is 1.72. The van der Waals surface area contributed by atoms with E-state index >= 15 is 0 Å². The SMILES string of the molecule is COc1ccc2oc(=O)c(-c3nnc(Nc4ccccc4C)s3)cc2c1. The van der Waals surface area contributed by atoms with Crippen molar-refractivity contribution < 1.29 is 9.15 Å². The molecule has 0 radical (unpaired) electrons. The molecule has 2 heterocycles. The molecule has 6 nitrogen and oxygen atoms in total. The van der Waals surface area contributed by atoms with Crippen LogP contribution in [0, 0.1) is 6.92 Å². The Morgan fingerprint density at radius 3 is 2.77 bits per heavy atom. The highest BCUT2D eigenvalue weighted by Crippen LogP contribution is 2.30. The second kappa shape index (κ2) is 6.61. The van der Waals surface area contributed by atoms with Crippen LogP contribution in [0.3, 0.4) is 0 Å². The highest BCUT2D eigenvalue weighted by atomic mass is 32.1. The molecule has 0 fully saturated rings. The fraction of sp³-hybridized carbons (Fsp3) is 0.105. The summed E-state index contributed by atoms with van der Waals surface area (Å²) in [7, 11) is 1.59. The van der Waals surface area contributed by atoms with Crippen LogP contribution in [0.5, 0.6) is 5.75 Å². The van der Waals surface area contributed by atoms with Gasteiger partial charge in [-0.15, -0.1) is 10.2 Å². The van der Waals surface area contributed by atoms with Gasteiger partial charge in [-0.25, -0.2) is 4.79 Å². The zero-order valence-corrected chi connectivity index (χ0v) is 15.0. The number of para-hydroxylation sites is 1. The van der Waals surface area contributed by atoms with Gasteiger partial charge in [-0.05, 0) is 42.8 Å². The third kappa shape index (κ3) is 3.04. The maximum absolute atomic E-state index is 12.3. The van der Waals surface area contributed by atoms with Crippen molar-refractivity contribution in [3.63, 3.8) is 0 Å². The number of ether oxygens (including phenoxy) is 1. The first-order chi connectivity index (χ1) is 12.6. The second-order valence-electron chi connectivity index (χ2n) is 5.70. The molecule has 0 bridgehead atoms. The van der Waals surface area contributed by atoms with E-state index in [9.17, 15) is 4.79 Å². The molecule has 0 amide bonds. The molecule has 0 saturated carbocycles. The van der Waals surface area contributed by atoms with E-state index < -0.39 is 5.63 Å². The summed E-state index contributed by atoms with van der Waals surface area (Å²) in [5.41, 5.74) is 2.48. The number of fused-ring (bicyclic) bond motifs is 1. The quantitative estimate of drug-likeness (QED) is 0.541. The summed E-state index contributed by atoms with van der Waals surface area (Å²) in [5.74, 6) is 0.691. The number of anilines is 2. The van der Waals surface area contributed by atoms with Crippen LogP contribution in [0.25, 0.3) is 21.5 Å². The smallest absolute Gasteiger partial charge is 0.346 e. The van der Waals surface area contributed by atoms with Gasteiger partial charge in [0.05, 0.1) is 12.7 Å². The number of methoxy groups -OCH3 is 1. The summed E-state index contributed by atoms with van der Waals surface area (Å²) in [6.07, 6.45) is 0. The van der Waals surface area contributed by atoms with E-state index in [-0.39, 0.29) is 0 Å². The fourth-order valence-electron chi connectivity index (χ4n) is 2.59. The Morgan fingerprint density at radius 2 is 1.96 bits per heavy atom. The third-order valence-electron chi connectivity index (χ3n) is 3.98. The number of nitrogens with one attached hydrogen (secondary N) is 1. The van der Waals surface area contributed by atoms with Gasteiger partial charge < -0.3 is 14.5 Å². The van der Waals surface area contributed by atoms with Crippen molar-refractivity contribution in [3.05, 3.63) is 64.5 Å². The van der Waals surface area contributed by atoms with Crippen LogP contribution in [0.4, 0.5) is 10.8 Å². The molecule has 1 N–H and O–H groups in total. The van der Waals surface area contributed by atoms with Crippen LogP contribution in [0.1, 0.15) is 5.56 Å². The van der Waals surface area contributed by atoms with Crippen molar-refractivity contribution >= 4 is 33.1 Å². The van der Waals surface area contributed by atoms with Crippen LogP contribution in [-0.2, 0) is 0 Å². The molecule has 0 aliphatic rings. The molecule has 0 unspecified atom stereocenters. The van der Waals surface area contributed by atoms with Crippen molar-refractivity contribution in [1.29, 1.82) is 0 Å². The maximum Gasteiger partial charge on any atom is 0.346 e. The van der Waals surface area contributed by atoms with Crippen molar-refractivity contribution in [3.8, 4) is 16.3 Å². The van der Waals surface area contributed by atoms with E-state index in [1.807, 2.05) is 37.3 Å². The van der Waals surface area contributed by atoms with Gasteiger partial charge in [0.2, 0.25) is 5.13 Å². The van der Waals surface area contributed by atoms with Gasteiger partial charge in [0.1, 0.15) is 11.3 Å². The molecule has 26 heavy (non-hydrogen) atoms. The molecule has 0 aliphatic carbocycles. The van der Waals surface area contributed by atoms with E-state index in [0.717, 1.165) is 16.6 Å². The minimum absolute atomic E-state index is 0.376. The lowest BCUT2D eigenvalue weighted by Gasteiger charge is -2.04. The predicted molar refractivity (Wildman–Crippen MR) is 102 cm³/mol. The number of benzene rings is 2. The molecule has 0 atom stereocenters. The minimum atomic E-state index is -0.443. The summed E-state index contributed by atoms with van der Waals surface area (Å²) < 4.78 is 10.6. The van der Waals surface area contributed by atoms with Gasteiger partial charge in [0, 0.05) is 11.1 Å². The Labute approximate surface area is 153 Å². The Morgan fingerprint density at radius 1 is 1.12 bits per heavy atom. The summed E-state index contributed by atoms with van der Waals surface area (Å²) in [4.78, 5) is 12.3. The summed E-state index contributed by atoms with van der Waals surface area (Å²) in [6, 6.07) is 14.9. The lowest BCUT2D eigenvalue weighted by molar-refractivity contribution is 0.415. The van der Waals surface area contributed by atoms with Crippen molar-refractivity contribution in [2.75, 3.05) is 12.4 Å². The summed E-state index contributed by atoms with van der Waals surface area (Å²) in [5, 5.41) is 13.4. The van der Waals surface area contributed by atoms with E-state index in [2.05, 4.69) is 15.5 Å². The van der Waals surface area contributed by atoms with E-state index in [0.29, 0.717) is 27.0 Å². The first kappa shape index (κ1) is 16.3. The van der Waals surface area contributed by atoms with E-state index in [1.165, 1.54) is 11.3 Å². The summed E-state index contributed by atoms with van der Waals surface area (Å²) in [6.45, 7) is 2.01. The lowest BCUT2D eigenvalue weighted by Crippen LogP contribution is -2.02. The molecular formula is C19H15N3O3S. The lowest BCUT2D eigenvalue weighted by atomic mass is 10.2. The molecule has 0 saturated heterocycles. The molecule has 0 aliphatic heterocycles. The first-order valence-corrected chi connectivity index (χ1v) is 8.74. The van der Waals surface area contributed by atoms with Crippen molar-refractivity contribution in [2.45, 2.75) is 6.92 Å². The zero-order chi connectivity index (χ0) is 18.1. The first-order valence-electron chi connectivity index (χ1n) is 7.92. The molecule has 130 valence electrons. The zero-order valence-electron chi connectivity index (χ0n) is 14.1. The van der Waals surface area contributed by atoms with Crippen molar-refractivity contribution in [2.24, 2.45) is 0 Å². The average Bonchev–Trinajstić information content (AvgIpc) is 3.11. The maximum atomic E-state index is 12.3. The molecule has 4 rings (SSSR count). The van der Waals surface area contributed by atoms with Crippen molar-refractivity contribution in [1.82, 2.24) is 10.2 Å². The molecule has 4 aromatic rings. The number of aromatic nitrogens is 2. The van der Waals surface area contributed by atoms with Crippen LogP contribution >= 0.6 is 11.3 Å². The van der Waals surface area contributed by atoms with Crippen LogP contribution < -0.4 is 15.7 Å². The summed E-state index contributed by atoms with van der Waals surface area (Å²) >= 11 is 1.30. The largest absolute Gasteiger partial charge is 0.497 e. The van der Waals surface area contributed by atoms with Gasteiger partial charge in [0.25, 0.3) is 0 Å². The Hall–Kier alpha value is -3.19. The van der Waals surface area contributed by atoms with Gasteiger partial charge in [0.15, 0.2) is 5.01 Å². The number of nitrogens with zero attached hydrogens (tertiary/aromatic N) is 2. The number of hydrogen-bond acceptors (Lipinski definition) is 7. The molecule has 2 aromatic carbocycles. The standard InChI is InChI=1S/C19H15N3O3S/c1-11-5-3-4-6-15(11)20-19-22-21-17(26-19)14-10-12-9-13(24-2)7-8-16(12)25-18(14)23/h3-10H,1-2H3,(H,20,22). The minimum Gasteiger partial charge on any atom is -0.497 e. The molecule has 2 aromatic heterocycles. The van der Waals surface area contributed by atoms with Gasteiger partial charge in [-0.1, -0.05) is 29.5 Å².